The number of hydrogen-bond acceptors (Lipinski definition) is 4. The molecule has 60 valence electrons. The Labute approximate surface area is 79.2 Å². The van der Waals surface area contributed by atoms with Crippen LogP contribution in [-0.2, 0) is 0 Å². The summed E-state index contributed by atoms with van der Waals surface area (Å²) < 4.78 is 0. The van der Waals surface area contributed by atoms with Crippen molar-refractivity contribution in [3.8, 4) is 0 Å². The van der Waals surface area contributed by atoms with Gasteiger partial charge in [-0.05, 0) is 18.2 Å². The SMILES string of the molecule is SSc1cnc2cccnc2c1. The van der Waals surface area contributed by atoms with Crippen molar-refractivity contribution in [3.63, 3.8) is 0 Å². The first-order valence-corrected chi connectivity index (χ1v) is 5.29. The molecule has 0 spiro atoms. The first kappa shape index (κ1) is 7.89. The van der Waals surface area contributed by atoms with Gasteiger partial charge in [-0.15, -0.1) is 11.7 Å². The fraction of sp³-hybridized carbons (Fsp3) is 0. The van der Waals surface area contributed by atoms with Gasteiger partial charge in [0.05, 0.1) is 11.0 Å². The van der Waals surface area contributed by atoms with E-state index in [0.717, 1.165) is 15.9 Å². The molecular weight excluding hydrogens is 188 g/mol. The monoisotopic (exact) mass is 194 g/mol. The smallest absolute Gasteiger partial charge is 0.0898 e. The van der Waals surface area contributed by atoms with Crippen LogP contribution in [0.25, 0.3) is 11.0 Å². The van der Waals surface area contributed by atoms with Crippen molar-refractivity contribution < 1.29 is 0 Å². The minimum Gasteiger partial charge on any atom is -0.255 e. The van der Waals surface area contributed by atoms with Crippen LogP contribution in [0.3, 0.4) is 0 Å². The number of thiol groups is 1. The molecule has 0 N–H and O–H groups in total. The quantitative estimate of drug-likeness (QED) is 0.558. The summed E-state index contributed by atoms with van der Waals surface area (Å²) in [4.78, 5) is 9.42. The highest BCUT2D eigenvalue weighted by atomic mass is 33.1. The number of nitrogens with zero attached hydrogens (tertiary/aromatic N) is 2. The Kier molecular flexibility index (Phi) is 2.19. The average Bonchev–Trinajstić information content (AvgIpc) is 2.17. The van der Waals surface area contributed by atoms with Crippen LogP contribution in [-0.4, -0.2) is 9.97 Å². The van der Waals surface area contributed by atoms with Crippen molar-refractivity contribution >= 4 is 33.5 Å². The summed E-state index contributed by atoms with van der Waals surface area (Å²) in [6, 6.07) is 5.79. The lowest BCUT2D eigenvalue weighted by atomic mass is 10.3. The van der Waals surface area contributed by atoms with E-state index >= 15 is 0 Å². The highest BCUT2D eigenvalue weighted by Gasteiger charge is 1.95. The maximum Gasteiger partial charge on any atom is 0.0898 e. The average molecular weight is 194 g/mol. The van der Waals surface area contributed by atoms with E-state index in [1.807, 2.05) is 18.2 Å². The Bertz CT molecular complexity index is 403. The molecule has 0 amide bonds. The Hall–Kier alpha value is -0.740. The molecule has 2 aromatic heterocycles. The summed E-state index contributed by atoms with van der Waals surface area (Å²) in [7, 11) is 1.38. The molecule has 2 rings (SSSR count). The van der Waals surface area contributed by atoms with Gasteiger partial charge in [0.15, 0.2) is 0 Å². The molecule has 0 aliphatic heterocycles. The molecule has 0 bridgehead atoms. The van der Waals surface area contributed by atoms with Crippen LogP contribution in [0.5, 0.6) is 0 Å². The number of aromatic nitrogens is 2. The fourth-order valence-electron chi connectivity index (χ4n) is 0.985. The van der Waals surface area contributed by atoms with Gasteiger partial charge in [0, 0.05) is 17.3 Å². The van der Waals surface area contributed by atoms with E-state index in [-0.39, 0.29) is 0 Å². The Balaban J connectivity index is 2.67. The third-order valence-electron chi connectivity index (χ3n) is 1.53. The highest BCUT2D eigenvalue weighted by molar-refractivity contribution is 8.68. The van der Waals surface area contributed by atoms with Crippen LogP contribution in [0, 0.1) is 0 Å². The zero-order chi connectivity index (χ0) is 8.39. The summed E-state index contributed by atoms with van der Waals surface area (Å²) in [5, 5.41) is 0. The molecule has 0 saturated heterocycles. The third kappa shape index (κ3) is 1.40. The zero-order valence-corrected chi connectivity index (χ0v) is 7.85. The predicted octanol–water partition coefficient (Wildman–Crippen LogP) is 2.57. The third-order valence-corrected chi connectivity index (χ3v) is 2.60. The van der Waals surface area contributed by atoms with Crippen molar-refractivity contribution in [2.24, 2.45) is 0 Å². The van der Waals surface area contributed by atoms with E-state index in [4.69, 9.17) is 0 Å². The molecule has 0 fully saturated rings. The van der Waals surface area contributed by atoms with Gasteiger partial charge in [0.2, 0.25) is 0 Å². The Morgan fingerprint density at radius 1 is 1.25 bits per heavy atom. The van der Waals surface area contributed by atoms with Crippen LogP contribution in [0.4, 0.5) is 0 Å². The molecule has 0 aliphatic rings. The molecule has 2 aromatic rings. The van der Waals surface area contributed by atoms with E-state index < -0.39 is 0 Å². The second-order valence-electron chi connectivity index (χ2n) is 2.30. The minimum atomic E-state index is 0.913. The molecule has 4 heteroatoms. The van der Waals surface area contributed by atoms with Crippen molar-refractivity contribution in [2.45, 2.75) is 4.90 Å². The fourth-order valence-corrected chi connectivity index (χ4v) is 1.55. The molecule has 12 heavy (non-hydrogen) atoms. The molecule has 0 radical (unpaired) electrons. The second-order valence-corrected chi connectivity index (χ2v) is 3.51. The summed E-state index contributed by atoms with van der Waals surface area (Å²) in [6.45, 7) is 0. The van der Waals surface area contributed by atoms with Crippen molar-refractivity contribution in [1.29, 1.82) is 0 Å². The van der Waals surface area contributed by atoms with Gasteiger partial charge >= 0.3 is 0 Å². The minimum absolute atomic E-state index is 0.913. The van der Waals surface area contributed by atoms with Crippen LogP contribution in [0.1, 0.15) is 0 Å². The molecule has 0 aliphatic carbocycles. The van der Waals surface area contributed by atoms with Crippen molar-refractivity contribution in [3.05, 3.63) is 30.6 Å². The van der Waals surface area contributed by atoms with E-state index in [1.165, 1.54) is 10.8 Å². The second kappa shape index (κ2) is 3.33. The maximum absolute atomic E-state index is 4.22. The van der Waals surface area contributed by atoms with Crippen LogP contribution < -0.4 is 0 Å². The van der Waals surface area contributed by atoms with Crippen LogP contribution in [0.2, 0.25) is 0 Å². The van der Waals surface area contributed by atoms with Gasteiger partial charge < -0.3 is 0 Å². The molecule has 0 unspecified atom stereocenters. The van der Waals surface area contributed by atoms with Crippen LogP contribution >= 0.6 is 22.5 Å². The first-order chi connectivity index (χ1) is 5.90. The van der Waals surface area contributed by atoms with Crippen molar-refractivity contribution in [2.75, 3.05) is 0 Å². The number of rotatable bonds is 1. The van der Waals surface area contributed by atoms with Crippen molar-refractivity contribution in [1.82, 2.24) is 9.97 Å². The molecular formula is C8H6N2S2. The largest absolute Gasteiger partial charge is 0.255 e. The van der Waals surface area contributed by atoms with Gasteiger partial charge in [-0.1, -0.05) is 10.8 Å². The van der Waals surface area contributed by atoms with Gasteiger partial charge in [0.25, 0.3) is 0 Å². The lowest BCUT2D eigenvalue weighted by molar-refractivity contribution is 1.27. The molecule has 0 atom stereocenters. The van der Waals surface area contributed by atoms with E-state index in [1.54, 1.807) is 12.4 Å². The lowest BCUT2D eigenvalue weighted by Crippen LogP contribution is -1.81. The normalized spacial score (nSPS) is 10.4. The Morgan fingerprint density at radius 3 is 3.00 bits per heavy atom. The van der Waals surface area contributed by atoms with E-state index in [0.29, 0.717) is 0 Å². The number of hydrogen-bond donors (Lipinski definition) is 1. The molecule has 0 aromatic carbocycles. The standard InChI is InChI=1S/C8H6N2S2/c11-12-6-4-8-7(10-5-6)2-1-3-9-8/h1-5,11H. The predicted molar refractivity (Wildman–Crippen MR) is 54.4 cm³/mol. The first-order valence-electron chi connectivity index (χ1n) is 3.42. The molecule has 0 saturated carbocycles. The van der Waals surface area contributed by atoms with Crippen LogP contribution in [0.15, 0.2) is 35.5 Å². The number of pyridine rings is 2. The zero-order valence-electron chi connectivity index (χ0n) is 6.14. The summed E-state index contributed by atoms with van der Waals surface area (Å²) in [5.74, 6) is 0. The van der Waals surface area contributed by atoms with E-state index in [9.17, 15) is 0 Å². The topological polar surface area (TPSA) is 25.8 Å². The lowest BCUT2D eigenvalue weighted by Gasteiger charge is -1.96. The van der Waals surface area contributed by atoms with Gasteiger partial charge in [-0.2, -0.15) is 0 Å². The summed E-state index contributed by atoms with van der Waals surface area (Å²) in [6.07, 6.45) is 3.55. The van der Waals surface area contributed by atoms with Gasteiger partial charge in [-0.25, -0.2) is 0 Å². The summed E-state index contributed by atoms with van der Waals surface area (Å²) in [5.41, 5.74) is 1.83. The molecule has 2 nitrogen and oxygen atoms in total. The van der Waals surface area contributed by atoms with E-state index in [2.05, 4.69) is 21.6 Å². The summed E-state index contributed by atoms with van der Waals surface area (Å²) >= 11 is 4.08. The van der Waals surface area contributed by atoms with Gasteiger partial charge in [0.1, 0.15) is 0 Å². The Morgan fingerprint density at radius 2 is 2.17 bits per heavy atom. The molecule has 2 heterocycles. The highest BCUT2D eigenvalue weighted by Crippen LogP contribution is 2.22. The van der Waals surface area contributed by atoms with Gasteiger partial charge in [-0.3, -0.25) is 9.97 Å². The maximum atomic E-state index is 4.22. The number of fused-ring (bicyclic) bond motifs is 1.